The van der Waals surface area contributed by atoms with Gasteiger partial charge in [0, 0.05) is 25.0 Å². The Hall–Kier alpha value is -0.830. The van der Waals surface area contributed by atoms with Crippen LogP contribution in [0.1, 0.15) is 20.8 Å². The number of hydrogen-bond donors (Lipinski definition) is 1. The molecule has 0 aromatic carbocycles. The van der Waals surface area contributed by atoms with Crippen LogP contribution in [0.15, 0.2) is 18.5 Å². The fourth-order valence-corrected chi connectivity index (χ4v) is 1.23. The van der Waals surface area contributed by atoms with Crippen molar-refractivity contribution in [1.29, 1.82) is 0 Å². The van der Waals surface area contributed by atoms with Crippen molar-refractivity contribution in [3.8, 4) is 0 Å². The van der Waals surface area contributed by atoms with Gasteiger partial charge < -0.3 is 5.32 Å². The average Bonchev–Trinajstić information content (AvgIpc) is 2.53. The summed E-state index contributed by atoms with van der Waals surface area (Å²) in [6, 6.07) is 2.53. The van der Waals surface area contributed by atoms with Gasteiger partial charge in [0.2, 0.25) is 0 Å². The van der Waals surface area contributed by atoms with Gasteiger partial charge in [-0.15, -0.1) is 0 Å². The van der Waals surface area contributed by atoms with E-state index in [0.29, 0.717) is 12.0 Å². The zero-order valence-corrected chi connectivity index (χ0v) is 8.70. The Balaban J connectivity index is 2.22. The van der Waals surface area contributed by atoms with Crippen LogP contribution in [-0.4, -0.2) is 22.4 Å². The molecule has 0 fully saturated rings. The third-order valence-corrected chi connectivity index (χ3v) is 1.93. The van der Waals surface area contributed by atoms with Crippen LogP contribution in [0.2, 0.25) is 0 Å². The lowest BCUT2D eigenvalue weighted by Gasteiger charge is -2.14. The fraction of sp³-hybridized carbons (Fsp3) is 0.700. The minimum Gasteiger partial charge on any atom is -0.314 e. The van der Waals surface area contributed by atoms with Gasteiger partial charge in [0.05, 0.1) is 0 Å². The van der Waals surface area contributed by atoms with Crippen molar-refractivity contribution < 1.29 is 0 Å². The maximum absolute atomic E-state index is 4.17. The molecule has 0 radical (unpaired) electrons. The van der Waals surface area contributed by atoms with E-state index in [2.05, 4.69) is 31.2 Å². The summed E-state index contributed by atoms with van der Waals surface area (Å²) in [5, 5.41) is 7.59. The lowest BCUT2D eigenvalue weighted by molar-refractivity contribution is 0.406. The lowest BCUT2D eigenvalue weighted by atomic mass is 10.2. The monoisotopic (exact) mass is 181 g/mol. The van der Waals surface area contributed by atoms with E-state index >= 15 is 0 Å². The number of aromatic nitrogens is 2. The summed E-state index contributed by atoms with van der Waals surface area (Å²) in [4.78, 5) is 0. The zero-order chi connectivity index (χ0) is 9.68. The van der Waals surface area contributed by atoms with Gasteiger partial charge in [0.25, 0.3) is 0 Å². The zero-order valence-electron chi connectivity index (χ0n) is 8.70. The molecule has 1 aromatic heterocycles. The molecule has 1 unspecified atom stereocenters. The van der Waals surface area contributed by atoms with E-state index in [-0.39, 0.29) is 0 Å². The summed E-state index contributed by atoms with van der Waals surface area (Å²) >= 11 is 0. The maximum atomic E-state index is 4.17. The summed E-state index contributed by atoms with van der Waals surface area (Å²) in [6.45, 7) is 8.61. The summed E-state index contributed by atoms with van der Waals surface area (Å²) < 4.78 is 1.98. The minimum atomic E-state index is 0.570. The lowest BCUT2D eigenvalue weighted by Crippen LogP contribution is -2.29. The van der Waals surface area contributed by atoms with Crippen molar-refractivity contribution in [2.24, 2.45) is 5.92 Å². The minimum absolute atomic E-state index is 0.570. The number of hydrogen-bond acceptors (Lipinski definition) is 2. The molecular formula is C10H19N3. The van der Waals surface area contributed by atoms with Crippen LogP contribution in [0.5, 0.6) is 0 Å². The molecule has 3 nitrogen and oxygen atoms in total. The highest BCUT2D eigenvalue weighted by Gasteiger charge is 2.03. The Morgan fingerprint density at radius 3 is 2.69 bits per heavy atom. The molecule has 0 bridgehead atoms. The Morgan fingerprint density at radius 1 is 1.38 bits per heavy atom. The van der Waals surface area contributed by atoms with Crippen LogP contribution >= 0.6 is 0 Å². The first-order valence-electron chi connectivity index (χ1n) is 4.89. The van der Waals surface area contributed by atoms with Crippen molar-refractivity contribution in [2.75, 3.05) is 6.54 Å². The highest BCUT2D eigenvalue weighted by Crippen LogP contribution is 1.98. The quantitative estimate of drug-likeness (QED) is 0.746. The highest BCUT2D eigenvalue weighted by atomic mass is 15.3. The van der Waals surface area contributed by atoms with Crippen LogP contribution in [0.25, 0.3) is 0 Å². The van der Waals surface area contributed by atoms with Gasteiger partial charge in [-0.25, -0.2) is 0 Å². The third-order valence-electron chi connectivity index (χ3n) is 1.93. The largest absolute Gasteiger partial charge is 0.314 e. The van der Waals surface area contributed by atoms with Crippen molar-refractivity contribution in [1.82, 2.24) is 15.1 Å². The van der Waals surface area contributed by atoms with Gasteiger partial charge in [-0.2, -0.15) is 5.10 Å². The van der Waals surface area contributed by atoms with E-state index < -0.39 is 0 Å². The van der Waals surface area contributed by atoms with E-state index in [9.17, 15) is 0 Å². The first kappa shape index (κ1) is 10.3. The molecule has 0 amide bonds. The molecule has 0 saturated carbocycles. The van der Waals surface area contributed by atoms with E-state index in [4.69, 9.17) is 0 Å². The van der Waals surface area contributed by atoms with Gasteiger partial charge in [-0.05, 0) is 18.5 Å². The van der Waals surface area contributed by atoms with Gasteiger partial charge in [0.1, 0.15) is 0 Å². The van der Waals surface area contributed by atoms with Crippen LogP contribution < -0.4 is 5.32 Å². The average molecular weight is 181 g/mol. The predicted octanol–water partition coefficient (Wildman–Crippen LogP) is 1.52. The second-order valence-corrected chi connectivity index (χ2v) is 3.90. The molecule has 3 heteroatoms. The van der Waals surface area contributed by atoms with E-state index in [1.54, 1.807) is 0 Å². The molecule has 0 saturated heterocycles. The Bertz CT molecular complexity index is 216. The topological polar surface area (TPSA) is 29.9 Å². The van der Waals surface area contributed by atoms with Gasteiger partial charge >= 0.3 is 0 Å². The molecule has 1 atom stereocenters. The SMILES string of the molecule is CC(CNC(C)C)Cn1cccn1. The first-order chi connectivity index (χ1) is 6.18. The molecular weight excluding hydrogens is 162 g/mol. The van der Waals surface area contributed by atoms with E-state index in [0.717, 1.165) is 13.1 Å². The van der Waals surface area contributed by atoms with Gasteiger partial charge in [0.15, 0.2) is 0 Å². The van der Waals surface area contributed by atoms with Crippen LogP contribution in [0.4, 0.5) is 0 Å². The number of nitrogens with zero attached hydrogens (tertiary/aromatic N) is 2. The van der Waals surface area contributed by atoms with Crippen molar-refractivity contribution in [2.45, 2.75) is 33.4 Å². The summed E-state index contributed by atoms with van der Waals surface area (Å²) in [6.07, 6.45) is 3.83. The molecule has 13 heavy (non-hydrogen) atoms. The number of nitrogens with one attached hydrogen (secondary N) is 1. The van der Waals surface area contributed by atoms with E-state index in [1.807, 2.05) is 23.1 Å². The Labute approximate surface area is 80.1 Å². The Morgan fingerprint density at radius 2 is 2.15 bits per heavy atom. The molecule has 0 aliphatic rings. The Kier molecular flexibility index (Phi) is 3.96. The van der Waals surface area contributed by atoms with E-state index in [1.165, 1.54) is 0 Å². The van der Waals surface area contributed by atoms with Crippen LogP contribution in [-0.2, 0) is 6.54 Å². The summed E-state index contributed by atoms with van der Waals surface area (Å²) in [5.74, 6) is 0.627. The highest BCUT2D eigenvalue weighted by molar-refractivity contribution is 4.78. The summed E-state index contributed by atoms with van der Waals surface area (Å²) in [7, 11) is 0. The summed E-state index contributed by atoms with van der Waals surface area (Å²) in [5.41, 5.74) is 0. The molecule has 0 aliphatic carbocycles. The standard InChI is InChI=1S/C10H19N3/c1-9(2)11-7-10(3)8-13-6-4-5-12-13/h4-6,9-11H,7-8H2,1-3H3. The van der Waals surface area contributed by atoms with Gasteiger partial charge in [-0.3, -0.25) is 4.68 Å². The van der Waals surface area contributed by atoms with Gasteiger partial charge in [-0.1, -0.05) is 20.8 Å². The van der Waals surface area contributed by atoms with Crippen molar-refractivity contribution in [3.05, 3.63) is 18.5 Å². The smallest absolute Gasteiger partial charge is 0.0489 e. The van der Waals surface area contributed by atoms with Crippen molar-refractivity contribution in [3.63, 3.8) is 0 Å². The first-order valence-corrected chi connectivity index (χ1v) is 4.89. The molecule has 0 aliphatic heterocycles. The predicted molar refractivity (Wildman–Crippen MR) is 54.5 cm³/mol. The molecule has 0 spiro atoms. The van der Waals surface area contributed by atoms with Crippen LogP contribution in [0, 0.1) is 5.92 Å². The van der Waals surface area contributed by atoms with Crippen molar-refractivity contribution >= 4 is 0 Å². The fourth-order valence-electron chi connectivity index (χ4n) is 1.23. The second kappa shape index (κ2) is 5.02. The second-order valence-electron chi connectivity index (χ2n) is 3.90. The molecule has 1 heterocycles. The maximum Gasteiger partial charge on any atom is 0.0489 e. The normalized spacial score (nSPS) is 13.5. The molecule has 1 N–H and O–H groups in total. The molecule has 1 rings (SSSR count). The number of rotatable bonds is 5. The molecule has 1 aromatic rings. The third kappa shape index (κ3) is 4.08. The van der Waals surface area contributed by atoms with Crippen LogP contribution in [0.3, 0.4) is 0 Å². The molecule has 74 valence electrons.